The molecule has 0 radical (unpaired) electrons. The number of imidazole rings is 1. The number of nitrogens with zero attached hydrogens (tertiary/aromatic N) is 2. The van der Waals surface area contributed by atoms with E-state index >= 15 is 0 Å². The average Bonchev–Trinajstić information content (AvgIpc) is 2.87. The van der Waals surface area contributed by atoms with Crippen LogP contribution in [0.1, 0.15) is 10.5 Å². The van der Waals surface area contributed by atoms with Gasteiger partial charge >= 0.3 is 5.97 Å². The molecule has 0 unspecified atom stereocenters. The van der Waals surface area contributed by atoms with Crippen molar-refractivity contribution < 1.29 is 14.3 Å². The summed E-state index contributed by atoms with van der Waals surface area (Å²) < 4.78 is 9.58. The van der Waals surface area contributed by atoms with E-state index in [1.54, 1.807) is 18.2 Å². The average molecular weight is 233 g/mol. The normalized spacial score (nSPS) is 10.0. The van der Waals surface area contributed by atoms with Crippen molar-refractivity contribution in [3.05, 3.63) is 30.1 Å². The molecule has 2 heterocycles. The first-order valence-electron chi connectivity index (χ1n) is 4.89. The summed E-state index contributed by atoms with van der Waals surface area (Å²) in [7, 11) is 2.85. The molecule has 1 N–H and O–H groups in total. The number of hydrogen-bond acceptors (Lipinski definition) is 5. The van der Waals surface area contributed by atoms with Crippen LogP contribution >= 0.6 is 0 Å². The summed E-state index contributed by atoms with van der Waals surface area (Å²) in [5, 5.41) is 0. The lowest BCUT2D eigenvalue weighted by Crippen LogP contribution is -2.01. The van der Waals surface area contributed by atoms with Gasteiger partial charge in [0.15, 0.2) is 5.82 Å². The highest BCUT2D eigenvalue weighted by Crippen LogP contribution is 2.16. The molecule has 17 heavy (non-hydrogen) atoms. The van der Waals surface area contributed by atoms with Gasteiger partial charge in [-0.2, -0.15) is 0 Å². The van der Waals surface area contributed by atoms with Crippen LogP contribution in [-0.2, 0) is 4.74 Å². The number of pyridine rings is 1. The summed E-state index contributed by atoms with van der Waals surface area (Å²) >= 11 is 0. The van der Waals surface area contributed by atoms with E-state index in [0.717, 1.165) is 0 Å². The van der Waals surface area contributed by atoms with Gasteiger partial charge in [-0.1, -0.05) is 6.07 Å². The predicted molar refractivity (Wildman–Crippen MR) is 59.7 cm³/mol. The van der Waals surface area contributed by atoms with Crippen molar-refractivity contribution in [1.29, 1.82) is 0 Å². The molecule has 0 fully saturated rings. The van der Waals surface area contributed by atoms with Crippen molar-refractivity contribution in [2.24, 2.45) is 0 Å². The second-order valence-electron chi connectivity index (χ2n) is 3.20. The number of rotatable bonds is 3. The quantitative estimate of drug-likeness (QED) is 0.808. The van der Waals surface area contributed by atoms with Gasteiger partial charge < -0.3 is 14.5 Å². The standard InChI is InChI=1S/C11H11N3O3/c1-16-9-5-3-4-7(13-9)10-12-6-8(14-10)11(15)17-2/h3-6H,1-2H3,(H,12,14). The van der Waals surface area contributed by atoms with Crippen LogP contribution in [0, 0.1) is 0 Å². The largest absolute Gasteiger partial charge is 0.481 e. The molecule has 0 spiro atoms. The number of methoxy groups -OCH3 is 2. The first kappa shape index (κ1) is 11.1. The molecular formula is C11H11N3O3. The van der Waals surface area contributed by atoms with E-state index in [1.165, 1.54) is 20.4 Å². The molecule has 0 bridgehead atoms. The highest BCUT2D eigenvalue weighted by atomic mass is 16.5. The van der Waals surface area contributed by atoms with Crippen molar-refractivity contribution >= 4 is 5.97 Å². The fourth-order valence-corrected chi connectivity index (χ4v) is 1.33. The second-order valence-corrected chi connectivity index (χ2v) is 3.20. The minimum atomic E-state index is -0.466. The lowest BCUT2D eigenvalue weighted by Gasteiger charge is -2.00. The first-order valence-corrected chi connectivity index (χ1v) is 4.89. The van der Waals surface area contributed by atoms with E-state index in [0.29, 0.717) is 17.4 Å². The number of nitrogens with one attached hydrogen (secondary N) is 1. The predicted octanol–water partition coefficient (Wildman–Crippen LogP) is 1.27. The van der Waals surface area contributed by atoms with Gasteiger partial charge in [0.1, 0.15) is 11.4 Å². The highest BCUT2D eigenvalue weighted by molar-refractivity contribution is 5.87. The molecule has 0 aliphatic carbocycles. The fraction of sp³-hybridized carbons (Fsp3) is 0.182. The summed E-state index contributed by atoms with van der Waals surface area (Å²) in [6, 6.07) is 5.29. The Morgan fingerprint density at radius 1 is 1.35 bits per heavy atom. The Balaban J connectivity index is 2.33. The van der Waals surface area contributed by atoms with E-state index in [2.05, 4.69) is 19.7 Å². The molecule has 88 valence electrons. The van der Waals surface area contributed by atoms with Gasteiger partial charge in [0, 0.05) is 6.07 Å². The van der Waals surface area contributed by atoms with E-state index in [-0.39, 0.29) is 5.69 Å². The Labute approximate surface area is 97.6 Å². The molecule has 0 amide bonds. The lowest BCUT2D eigenvalue weighted by atomic mass is 10.3. The third kappa shape index (κ3) is 2.25. The van der Waals surface area contributed by atoms with Gasteiger partial charge in [0.2, 0.25) is 5.88 Å². The summed E-state index contributed by atoms with van der Waals surface area (Å²) in [6.45, 7) is 0. The van der Waals surface area contributed by atoms with Crippen LogP contribution in [0.4, 0.5) is 0 Å². The summed E-state index contributed by atoms with van der Waals surface area (Å²) in [5.41, 5.74) is 0.881. The zero-order valence-corrected chi connectivity index (χ0v) is 9.43. The third-order valence-corrected chi connectivity index (χ3v) is 2.16. The molecule has 0 saturated heterocycles. The SMILES string of the molecule is COC(=O)c1cnc(-c2cccc(OC)n2)[nH]1. The zero-order valence-electron chi connectivity index (χ0n) is 9.43. The maximum absolute atomic E-state index is 11.2. The van der Waals surface area contributed by atoms with Crippen molar-refractivity contribution in [3.8, 4) is 17.4 Å². The Morgan fingerprint density at radius 2 is 2.18 bits per heavy atom. The van der Waals surface area contributed by atoms with E-state index < -0.39 is 5.97 Å². The van der Waals surface area contributed by atoms with E-state index in [4.69, 9.17) is 4.74 Å². The van der Waals surface area contributed by atoms with Crippen LogP contribution in [-0.4, -0.2) is 35.1 Å². The summed E-state index contributed by atoms with van der Waals surface area (Å²) in [6.07, 6.45) is 1.41. The molecule has 6 nitrogen and oxygen atoms in total. The van der Waals surface area contributed by atoms with Crippen LogP contribution in [0.3, 0.4) is 0 Å². The minimum absolute atomic E-state index is 0.284. The van der Waals surface area contributed by atoms with Crippen LogP contribution in [0.5, 0.6) is 5.88 Å². The lowest BCUT2D eigenvalue weighted by molar-refractivity contribution is 0.0595. The number of ether oxygens (including phenoxy) is 2. The van der Waals surface area contributed by atoms with E-state index in [1.807, 2.05) is 0 Å². The zero-order chi connectivity index (χ0) is 12.3. The van der Waals surface area contributed by atoms with Gasteiger partial charge in [-0.05, 0) is 6.07 Å². The summed E-state index contributed by atoms with van der Waals surface area (Å²) in [5.74, 6) is 0.509. The molecule has 0 atom stereocenters. The molecule has 0 aromatic carbocycles. The van der Waals surface area contributed by atoms with Gasteiger partial charge in [0.05, 0.1) is 20.4 Å². The van der Waals surface area contributed by atoms with Gasteiger partial charge in [-0.15, -0.1) is 0 Å². The van der Waals surface area contributed by atoms with Crippen LogP contribution < -0.4 is 4.74 Å². The maximum atomic E-state index is 11.2. The smallest absolute Gasteiger partial charge is 0.356 e. The summed E-state index contributed by atoms with van der Waals surface area (Å²) in [4.78, 5) is 22.3. The molecule has 6 heteroatoms. The molecule has 0 saturated carbocycles. The Hall–Kier alpha value is -2.37. The van der Waals surface area contributed by atoms with Crippen molar-refractivity contribution in [1.82, 2.24) is 15.0 Å². The number of hydrogen-bond donors (Lipinski definition) is 1. The second kappa shape index (κ2) is 4.65. The van der Waals surface area contributed by atoms with Crippen molar-refractivity contribution in [3.63, 3.8) is 0 Å². The topological polar surface area (TPSA) is 77.1 Å². The fourth-order valence-electron chi connectivity index (χ4n) is 1.33. The number of aromatic amines is 1. The number of carbonyl (C=O) groups excluding carboxylic acids is 1. The van der Waals surface area contributed by atoms with Crippen molar-refractivity contribution in [2.45, 2.75) is 0 Å². The first-order chi connectivity index (χ1) is 8.24. The Kier molecular flexibility index (Phi) is 3.04. The highest BCUT2D eigenvalue weighted by Gasteiger charge is 2.11. The van der Waals surface area contributed by atoms with Gasteiger partial charge in [0.25, 0.3) is 0 Å². The molecule has 0 aliphatic heterocycles. The van der Waals surface area contributed by atoms with Gasteiger partial charge in [-0.3, -0.25) is 0 Å². The maximum Gasteiger partial charge on any atom is 0.356 e. The van der Waals surface area contributed by atoms with Crippen LogP contribution in [0.15, 0.2) is 24.4 Å². The van der Waals surface area contributed by atoms with Crippen LogP contribution in [0.25, 0.3) is 11.5 Å². The molecule has 2 rings (SSSR count). The minimum Gasteiger partial charge on any atom is -0.481 e. The molecule has 2 aromatic rings. The Morgan fingerprint density at radius 3 is 2.88 bits per heavy atom. The molecule has 2 aromatic heterocycles. The number of aromatic nitrogens is 3. The van der Waals surface area contributed by atoms with E-state index in [9.17, 15) is 4.79 Å². The third-order valence-electron chi connectivity index (χ3n) is 2.16. The van der Waals surface area contributed by atoms with Crippen molar-refractivity contribution in [2.75, 3.05) is 14.2 Å². The van der Waals surface area contributed by atoms with Gasteiger partial charge in [-0.25, -0.2) is 14.8 Å². The number of carbonyl (C=O) groups is 1. The van der Waals surface area contributed by atoms with Crippen LogP contribution in [0.2, 0.25) is 0 Å². The molecule has 0 aliphatic rings. The number of H-pyrrole nitrogens is 1. The Bertz CT molecular complexity index is 536. The number of esters is 1. The monoisotopic (exact) mass is 233 g/mol. The molecular weight excluding hydrogens is 222 g/mol.